The predicted molar refractivity (Wildman–Crippen MR) is 93.8 cm³/mol. The first-order valence-corrected chi connectivity index (χ1v) is 7.76. The molecule has 0 fully saturated rings. The number of aromatic nitrogens is 1. The highest BCUT2D eigenvalue weighted by Gasteiger charge is 2.34. The summed E-state index contributed by atoms with van der Waals surface area (Å²) in [4.78, 5) is 15.7. The third kappa shape index (κ3) is 3.71. The van der Waals surface area contributed by atoms with E-state index in [0.29, 0.717) is 5.75 Å². The van der Waals surface area contributed by atoms with Gasteiger partial charge in [-0.2, -0.15) is 13.2 Å². The summed E-state index contributed by atoms with van der Waals surface area (Å²) in [6.45, 7) is 0. The lowest BCUT2D eigenvalue weighted by Gasteiger charge is -2.12. The van der Waals surface area contributed by atoms with Crippen molar-refractivity contribution in [2.45, 2.75) is 6.18 Å². The maximum absolute atomic E-state index is 13.5. The number of fused-ring (bicyclic) bond motifs is 1. The van der Waals surface area contributed by atoms with Crippen molar-refractivity contribution < 1.29 is 22.7 Å². The normalized spacial score (nSPS) is 11.4. The molecule has 2 aromatic carbocycles. The molecule has 3 rings (SSSR count). The summed E-state index contributed by atoms with van der Waals surface area (Å²) in [5.74, 6) is -0.897. The molecule has 4 N–H and O–H groups in total. The molecular weight excluding hydrogens is 361 g/mol. The second-order valence-corrected chi connectivity index (χ2v) is 5.78. The summed E-state index contributed by atoms with van der Waals surface area (Å²) in [6, 6.07) is 11.7. The number of alkyl halides is 3. The Bertz CT molecular complexity index is 1010. The number of guanidine groups is 1. The smallest absolute Gasteiger partial charge is 0.417 e. The molecule has 140 valence electrons. The Morgan fingerprint density at radius 2 is 1.81 bits per heavy atom. The van der Waals surface area contributed by atoms with E-state index >= 15 is 0 Å². The SMILES string of the molecule is CN(C(=N)N)C(=O)c1cc2c(C(F)(F)F)cc(Oc3ccccc3)cc2[nH]1. The van der Waals surface area contributed by atoms with Gasteiger partial charge in [-0.3, -0.25) is 15.1 Å². The number of ether oxygens (including phenoxy) is 1. The van der Waals surface area contributed by atoms with E-state index in [0.717, 1.165) is 17.0 Å². The quantitative estimate of drug-likeness (QED) is 0.477. The molecule has 27 heavy (non-hydrogen) atoms. The summed E-state index contributed by atoms with van der Waals surface area (Å²) in [6.07, 6.45) is -4.65. The van der Waals surface area contributed by atoms with E-state index in [9.17, 15) is 18.0 Å². The highest BCUT2D eigenvalue weighted by molar-refractivity contribution is 6.06. The van der Waals surface area contributed by atoms with Crippen molar-refractivity contribution in [2.75, 3.05) is 7.05 Å². The number of amides is 1. The van der Waals surface area contributed by atoms with E-state index in [2.05, 4.69) is 4.98 Å². The average Bonchev–Trinajstić information content (AvgIpc) is 3.03. The van der Waals surface area contributed by atoms with Gasteiger partial charge in [0.15, 0.2) is 5.96 Å². The number of benzene rings is 2. The maximum Gasteiger partial charge on any atom is 0.417 e. The molecule has 0 aliphatic heterocycles. The lowest BCUT2D eigenvalue weighted by atomic mass is 10.1. The highest BCUT2D eigenvalue weighted by atomic mass is 19.4. The first-order valence-electron chi connectivity index (χ1n) is 7.76. The van der Waals surface area contributed by atoms with Crippen LogP contribution in [-0.4, -0.2) is 28.8 Å². The third-order valence-electron chi connectivity index (χ3n) is 3.89. The van der Waals surface area contributed by atoms with E-state index in [-0.39, 0.29) is 22.3 Å². The molecule has 1 heterocycles. The Balaban J connectivity index is 2.10. The Hall–Kier alpha value is -3.49. The zero-order valence-electron chi connectivity index (χ0n) is 14.1. The second-order valence-electron chi connectivity index (χ2n) is 5.78. The molecule has 0 spiro atoms. The molecule has 1 amide bonds. The summed E-state index contributed by atoms with van der Waals surface area (Å²) in [7, 11) is 1.25. The molecule has 0 aliphatic carbocycles. The summed E-state index contributed by atoms with van der Waals surface area (Å²) in [5, 5.41) is 7.11. The van der Waals surface area contributed by atoms with Crippen LogP contribution in [0.25, 0.3) is 10.9 Å². The van der Waals surface area contributed by atoms with Crippen LogP contribution in [0.3, 0.4) is 0 Å². The molecule has 1 aromatic heterocycles. The molecule has 0 saturated carbocycles. The number of nitrogens with one attached hydrogen (secondary N) is 2. The molecule has 6 nitrogen and oxygen atoms in total. The van der Waals surface area contributed by atoms with Crippen LogP contribution in [0.1, 0.15) is 16.1 Å². The lowest BCUT2D eigenvalue weighted by molar-refractivity contribution is -0.136. The van der Waals surface area contributed by atoms with Crippen molar-refractivity contribution in [2.24, 2.45) is 5.73 Å². The third-order valence-corrected chi connectivity index (χ3v) is 3.89. The Kier molecular flexibility index (Phi) is 4.52. The Labute approximate surface area is 151 Å². The minimum atomic E-state index is -4.65. The fraction of sp³-hybridized carbons (Fsp3) is 0.111. The van der Waals surface area contributed by atoms with E-state index in [4.69, 9.17) is 15.9 Å². The largest absolute Gasteiger partial charge is 0.457 e. The topological polar surface area (TPSA) is 95.2 Å². The molecule has 0 bridgehead atoms. The fourth-order valence-corrected chi connectivity index (χ4v) is 2.53. The number of carbonyl (C=O) groups is 1. The molecule has 3 aromatic rings. The van der Waals surface area contributed by atoms with Gasteiger partial charge in [-0.1, -0.05) is 18.2 Å². The van der Waals surface area contributed by atoms with Crippen LogP contribution in [0, 0.1) is 5.41 Å². The number of hydrogen-bond acceptors (Lipinski definition) is 3. The zero-order chi connectivity index (χ0) is 19.8. The molecule has 0 aliphatic rings. The number of carbonyl (C=O) groups excluding carboxylic acids is 1. The molecule has 0 unspecified atom stereocenters. The number of nitrogens with two attached hydrogens (primary N) is 1. The van der Waals surface area contributed by atoms with Gasteiger partial charge in [0.25, 0.3) is 5.91 Å². The molecule has 0 atom stereocenters. The van der Waals surface area contributed by atoms with Gasteiger partial charge in [0.1, 0.15) is 17.2 Å². The van der Waals surface area contributed by atoms with Gasteiger partial charge in [0, 0.05) is 18.5 Å². The number of nitrogens with zero attached hydrogens (tertiary/aromatic N) is 1. The van der Waals surface area contributed by atoms with Crippen molar-refractivity contribution in [1.29, 1.82) is 5.41 Å². The predicted octanol–water partition coefficient (Wildman–Crippen LogP) is 3.94. The summed E-state index contributed by atoms with van der Waals surface area (Å²) < 4.78 is 46.1. The van der Waals surface area contributed by atoms with Gasteiger partial charge in [0.2, 0.25) is 0 Å². The highest BCUT2D eigenvalue weighted by Crippen LogP contribution is 2.39. The molecule has 0 saturated heterocycles. The molecular formula is C18H15F3N4O2. The first kappa shape index (κ1) is 18.3. The number of halogens is 3. The Morgan fingerprint density at radius 3 is 2.41 bits per heavy atom. The lowest BCUT2D eigenvalue weighted by Crippen LogP contribution is -2.38. The van der Waals surface area contributed by atoms with Crippen LogP contribution in [0.4, 0.5) is 13.2 Å². The molecule has 0 radical (unpaired) electrons. The van der Waals surface area contributed by atoms with Crippen LogP contribution in [0.15, 0.2) is 48.5 Å². The average molecular weight is 376 g/mol. The molecule has 9 heteroatoms. The van der Waals surface area contributed by atoms with Crippen molar-refractivity contribution in [3.8, 4) is 11.5 Å². The monoisotopic (exact) mass is 376 g/mol. The van der Waals surface area contributed by atoms with Gasteiger partial charge in [-0.25, -0.2) is 0 Å². The number of aromatic amines is 1. The van der Waals surface area contributed by atoms with Crippen LogP contribution in [-0.2, 0) is 6.18 Å². The van der Waals surface area contributed by atoms with Crippen molar-refractivity contribution in [3.05, 3.63) is 59.8 Å². The zero-order valence-corrected chi connectivity index (χ0v) is 14.1. The first-order chi connectivity index (χ1) is 12.7. The van der Waals surface area contributed by atoms with Crippen molar-refractivity contribution in [1.82, 2.24) is 9.88 Å². The van der Waals surface area contributed by atoms with E-state index < -0.39 is 23.6 Å². The summed E-state index contributed by atoms with van der Waals surface area (Å²) >= 11 is 0. The van der Waals surface area contributed by atoms with Gasteiger partial charge in [-0.05, 0) is 24.3 Å². The van der Waals surface area contributed by atoms with E-state index in [1.54, 1.807) is 30.3 Å². The van der Waals surface area contributed by atoms with Crippen LogP contribution >= 0.6 is 0 Å². The van der Waals surface area contributed by atoms with Crippen LogP contribution < -0.4 is 10.5 Å². The van der Waals surface area contributed by atoms with Gasteiger partial charge in [-0.15, -0.1) is 0 Å². The number of para-hydroxylation sites is 1. The second kappa shape index (κ2) is 6.67. The summed E-state index contributed by atoms with van der Waals surface area (Å²) in [5.41, 5.74) is 4.27. The minimum Gasteiger partial charge on any atom is -0.457 e. The van der Waals surface area contributed by atoms with Gasteiger partial charge >= 0.3 is 6.18 Å². The van der Waals surface area contributed by atoms with E-state index in [1.165, 1.54) is 13.1 Å². The van der Waals surface area contributed by atoms with Gasteiger partial charge in [0.05, 0.1) is 11.1 Å². The Morgan fingerprint density at radius 1 is 1.15 bits per heavy atom. The van der Waals surface area contributed by atoms with Crippen molar-refractivity contribution >= 4 is 22.8 Å². The van der Waals surface area contributed by atoms with Gasteiger partial charge < -0.3 is 15.5 Å². The number of H-pyrrole nitrogens is 1. The minimum absolute atomic E-state index is 0.0261. The fourth-order valence-electron chi connectivity index (χ4n) is 2.53. The number of hydrogen-bond donors (Lipinski definition) is 3. The standard InChI is InChI=1S/C18H15F3N4O2/c1-25(17(22)23)16(26)15-9-12-13(18(19,20)21)7-11(8-14(12)24-15)27-10-5-3-2-4-6-10/h2-9,24H,1H3,(H3,22,23). The van der Waals surface area contributed by atoms with E-state index in [1.807, 2.05) is 0 Å². The van der Waals surface area contributed by atoms with Crippen molar-refractivity contribution in [3.63, 3.8) is 0 Å². The maximum atomic E-state index is 13.5. The number of rotatable bonds is 3. The van der Waals surface area contributed by atoms with Crippen LogP contribution in [0.2, 0.25) is 0 Å². The van der Waals surface area contributed by atoms with Crippen LogP contribution in [0.5, 0.6) is 11.5 Å².